The van der Waals surface area contributed by atoms with Gasteiger partial charge in [0.05, 0.1) is 12.4 Å². The molecule has 0 atom stereocenters. The van der Waals surface area contributed by atoms with Crippen LogP contribution in [0.3, 0.4) is 0 Å². The predicted octanol–water partition coefficient (Wildman–Crippen LogP) is 1.22. The molecular weight excluding hydrogens is 288 g/mol. The van der Waals surface area contributed by atoms with Crippen molar-refractivity contribution in [3.05, 3.63) is 23.8 Å². The van der Waals surface area contributed by atoms with E-state index in [0.717, 1.165) is 31.9 Å². The molecule has 6 heteroatoms. The summed E-state index contributed by atoms with van der Waals surface area (Å²) in [7, 11) is -2.90. The van der Waals surface area contributed by atoms with Crippen LogP contribution in [-0.2, 0) is 9.84 Å². The molecule has 0 unspecified atom stereocenters. The van der Waals surface area contributed by atoms with Crippen molar-refractivity contribution in [1.82, 2.24) is 5.32 Å². The number of sulfone groups is 1. The average Bonchev–Trinajstić information content (AvgIpc) is 2.44. The van der Waals surface area contributed by atoms with Crippen LogP contribution in [0.5, 0.6) is 5.75 Å². The van der Waals surface area contributed by atoms with Crippen molar-refractivity contribution in [3.8, 4) is 5.75 Å². The van der Waals surface area contributed by atoms with Gasteiger partial charge in [0.15, 0.2) is 0 Å². The number of nitrogens with zero attached hydrogens (tertiary/aromatic N) is 1. The van der Waals surface area contributed by atoms with Gasteiger partial charge in [-0.1, -0.05) is 0 Å². The zero-order valence-corrected chi connectivity index (χ0v) is 13.6. The van der Waals surface area contributed by atoms with Crippen molar-refractivity contribution in [2.45, 2.75) is 13.3 Å². The summed E-state index contributed by atoms with van der Waals surface area (Å²) in [6.45, 7) is 6.59. The number of hydrogen-bond donors (Lipinski definition) is 1. The van der Waals surface area contributed by atoms with Crippen molar-refractivity contribution in [2.24, 2.45) is 0 Å². The SMILES string of the molecule is Cc1cc(OCCCS(C)(=O)=O)ccc1N1CCNCC1. The Morgan fingerprint density at radius 3 is 2.62 bits per heavy atom. The van der Waals surface area contributed by atoms with Crippen LogP contribution < -0.4 is 15.0 Å². The molecule has 1 N–H and O–H groups in total. The van der Waals surface area contributed by atoms with Crippen molar-refractivity contribution >= 4 is 15.5 Å². The summed E-state index contributed by atoms with van der Waals surface area (Å²) in [5.41, 5.74) is 2.44. The van der Waals surface area contributed by atoms with E-state index in [2.05, 4.69) is 23.2 Å². The van der Waals surface area contributed by atoms with E-state index in [4.69, 9.17) is 4.74 Å². The Morgan fingerprint density at radius 1 is 1.29 bits per heavy atom. The second-order valence-electron chi connectivity index (χ2n) is 5.52. The Labute approximate surface area is 127 Å². The third kappa shape index (κ3) is 5.21. The van der Waals surface area contributed by atoms with Crippen molar-refractivity contribution in [2.75, 3.05) is 49.7 Å². The summed E-state index contributed by atoms with van der Waals surface area (Å²) in [5.74, 6) is 0.977. The molecule has 1 saturated heterocycles. The quantitative estimate of drug-likeness (QED) is 0.800. The Bertz CT molecular complexity index is 566. The lowest BCUT2D eigenvalue weighted by atomic mass is 10.1. The first-order valence-electron chi connectivity index (χ1n) is 7.32. The maximum Gasteiger partial charge on any atom is 0.147 e. The maximum atomic E-state index is 11.1. The molecule has 0 bridgehead atoms. The van der Waals surface area contributed by atoms with Crippen LogP contribution in [0.2, 0.25) is 0 Å². The van der Waals surface area contributed by atoms with Crippen LogP contribution in [0.25, 0.3) is 0 Å². The second kappa shape index (κ2) is 7.13. The minimum absolute atomic E-state index is 0.171. The molecule has 1 aliphatic heterocycles. The summed E-state index contributed by atoms with van der Waals surface area (Å²) in [6.07, 6.45) is 1.77. The zero-order chi connectivity index (χ0) is 15.3. The van der Waals surface area contributed by atoms with Gasteiger partial charge >= 0.3 is 0 Å². The molecule has 0 aromatic heterocycles. The van der Waals surface area contributed by atoms with Gasteiger partial charge in [0.2, 0.25) is 0 Å². The minimum Gasteiger partial charge on any atom is -0.494 e. The predicted molar refractivity (Wildman–Crippen MR) is 86.1 cm³/mol. The first-order valence-corrected chi connectivity index (χ1v) is 9.38. The Kier molecular flexibility index (Phi) is 5.47. The van der Waals surface area contributed by atoms with Gasteiger partial charge in [0.25, 0.3) is 0 Å². The number of hydrogen-bond acceptors (Lipinski definition) is 5. The highest BCUT2D eigenvalue weighted by atomic mass is 32.2. The van der Waals surface area contributed by atoms with Gasteiger partial charge in [-0.3, -0.25) is 0 Å². The lowest BCUT2D eigenvalue weighted by molar-refractivity contribution is 0.317. The topological polar surface area (TPSA) is 58.6 Å². The highest BCUT2D eigenvalue weighted by molar-refractivity contribution is 7.90. The lowest BCUT2D eigenvalue weighted by Gasteiger charge is -2.30. The van der Waals surface area contributed by atoms with Gasteiger partial charge in [-0.2, -0.15) is 0 Å². The first-order chi connectivity index (χ1) is 9.96. The molecule has 1 aliphatic rings. The van der Waals surface area contributed by atoms with Crippen LogP contribution in [0.4, 0.5) is 5.69 Å². The third-order valence-corrected chi connectivity index (χ3v) is 4.58. The largest absolute Gasteiger partial charge is 0.494 e. The van der Waals surface area contributed by atoms with Crippen LogP contribution >= 0.6 is 0 Å². The number of rotatable bonds is 6. The van der Waals surface area contributed by atoms with Crippen LogP contribution in [0, 0.1) is 6.92 Å². The van der Waals surface area contributed by atoms with Gasteiger partial charge in [-0.25, -0.2) is 8.42 Å². The normalized spacial score (nSPS) is 16.0. The fourth-order valence-electron chi connectivity index (χ4n) is 2.49. The molecule has 0 amide bonds. The van der Waals surface area contributed by atoms with Gasteiger partial charge in [0.1, 0.15) is 15.6 Å². The molecule has 0 radical (unpaired) electrons. The van der Waals surface area contributed by atoms with Gasteiger partial charge in [-0.05, 0) is 37.1 Å². The Morgan fingerprint density at radius 2 is 2.00 bits per heavy atom. The standard InChI is InChI=1S/C15H24N2O3S/c1-13-12-14(20-10-3-11-21(2,18)19)4-5-15(13)17-8-6-16-7-9-17/h4-5,12,16H,3,6-11H2,1-2H3. The van der Waals surface area contributed by atoms with Gasteiger partial charge in [-0.15, -0.1) is 0 Å². The van der Waals surface area contributed by atoms with E-state index >= 15 is 0 Å². The molecule has 0 aliphatic carbocycles. The summed E-state index contributed by atoms with van der Waals surface area (Å²) < 4.78 is 27.7. The molecule has 2 rings (SSSR count). The summed E-state index contributed by atoms with van der Waals surface area (Å²) >= 11 is 0. The molecule has 1 fully saturated rings. The highest BCUT2D eigenvalue weighted by Gasteiger charge is 2.12. The molecule has 1 aromatic rings. The van der Waals surface area contributed by atoms with Crippen molar-refractivity contribution in [3.63, 3.8) is 0 Å². The molecule has 118 valence electrons. The summed E-state index contributed by atoms with van der Waals surface area (Å²) in [5, 5.41) is 3.35. The number of ether oxygens (including phenoxy) is 1. The zero-order valence-electron chi connectivity index (χ0n) is 12.8. The van der Waals surface area contributed by atoms with Gasteiger partial charge in [0, 0.05) is 38.1 Å². The summed E-state index contributed by atoms with van der Waals surface area (Å²) in [4.78, 5) is 2.37. The molecule has 0 spiro atoms. The molecular formula is C15H24N2O3S. The van der Waals surface area contributed by atoms with Crippen LogP contribution in [0.15, 0.2) is 18.2 Å². The second-order valence-corrected chi connectivity index (χ2v) is 7.78. The summed E-state index contributed by atoms with van der Waals surface area (Å²) in [6, 6.07) is 6.08. The van der Waals surface area contributed by atoms with E-state index in [0.29, 0.717) is 13.0 Å². The number of benzene rings is 1. The maximum absolute atomic E-state index is 11.1. The van der Waals surface area contributed by atoms with Crippen molar-refractivity contribution in [1.29, 1.82) is 0 Å². The van der Waals surface area contributed by atoms with E-state index in [1.165, 1.54) is 17.5 Å². The molecule has 1 heterocycles. The number of piperazine rings is 1. The number of anilines is 1. The number of aryl methyl sites for hydroxylation is 1. The van der Waals surface area contributed by atoms with E-state index in [-0.39, 0.29) is 5.75 Å². The van der Waals surface area contributed by atoms with E-state index in [1.807, 2.05) is 12.1 Å². The monoisotopic (exact) mass is 312 g/mol. The molecule has 0 saturated carbocycles. The highest BCUT2D eigenvalue weighted by Crippen LogP contribution is 2.25. The molecule has 21 heavy (non-hydrogen) atoms. The number of nitrogens with one attached hydrogen (secondary N) is 1. The van der Waals surface area contributed by atoms with E-state index < -0.39 is 9.84 Å². The van der Waals surface area contributed by atoms with Gasteiger partial charge < -0.3 is 15.0 Å². The van der Waals surface area contributed by atoms with Crippen LogP contribution in [-0.4, -0.2) is 53.2 Å². The fraction of sp³-hybridized carbons (Fsp3) is 0.600. The smallest absolute Gasteiger partial charge is 0.147 e. The Balaban J connectivity index is 1.89. The lowest BCUT2D eigenvalue weighted by Crippen LogP contribution is -2.43. The molecule has 5 nitrogen and oxygen atoms in total. The average molecular weight is 312 g/mol. The van der Waals surface area contributed by atoms with Crippen LogP contribution in [0.1, 0.15) is 12.0 Å². The van der Waals surface area contributed by atoms with Crippen molar-refractivity contribution < 1.29 is 13.2 Å². The third-order valence-electron chi connectivity index (χ3n) is 3.55. The van der Waals surface area contributed by atoms with E-state index in [9.17, 15) is 8.42 Å². The minimum atomic E-state index is -2.90. The fourth-order valence-corrected chi connectivity index (χ4v) is 3.13. The Hall–Kier alpha value is -1.27. The molecule has 1 aromatic carbocycles. The first kappa shape index (κ1) is 16.1. The van der Waals surface area contributed by atoms with E-state index in [1.54, 1.807) is 0 Å².